The maximum Gasteiger partial charge on any atom is 0.253 e. The summed E-state index contributed by atoms with van der Waals surface area (Å²) in [6.07, 6.45) is 0.889. The lowest BCUT2D eigenvalue weighted by atomic mass is 10.2. The van der Waals surface area contributed by atoms with E-state index in [-0.39, 0.29) is 11.8 Å². The fourth-order valence-corrected chi connectivity index (χ4v) is 3.62. The van der Waals surface area contributed by atoms with Gasteiger partial charge in [-0.05, 0) is 42.8 Å². The maximum absolute atomic E-state index is 12.6. The summed E-state index contributed by atoms with van der Waals surface area (Å²) in [6.45, 7) is 4.55. The summed E-state index contributed by atoms with van der Waals surface area (Å²) >= 11 is 5.89. The second kappa shape index (κ2) is 11.0. The molecule has 0 spiro atoms. The van der Waals surface area contributed by atoms with Gasteiger partial charge in [0.1, 0.15) is 0 Å². The van der Waals surface area contributed by atoms with Crippen LogP contribution >= 0.6 is 11.6 Å². The molecule has 160 valence electrons. The average Bonchev–Trinajstić information content (AvgIpc) is 2.78. The molecule has 2 aromatic rings. The van der Waals surface area contributed by atoms with E-state index in [4.69, 9.17) is 11.6 Å². The van der Waals surface area contributed by atoms with Gasteiger partial charge in [-0.15, -0.1) is 0 Å². The summed E-state index contributed by atoms with van der Waals surface area (Å²) in [5, 5.41) is 3.62. The minimum Gasteiger partial charge on any atom is -0.375 e. The van der Waals surface area contributed by atoms with E-state index in [0.29, 0.717) is 49.9 Å². The van der Waals surface area contributed by atoms with Crippen LogP contribution < -0.4 is 10.2 Å². The van der Waals surface area contributed by atoms with Gasteiger partial charge in [0.15, 0.2) is 0 Å². The van der Waals surface area contributed by atoms with Gasteiger partial charge in [-0.1, -0.05) is 29.8 Å². The number of anilines is 1. The summed E-state index contributed by atoms with van der Waals surface area (Å²) in [5.74, 6) is 0.0492. The fraction of sp³-hybridized carbons (Fsp3) is 0.391. The molecule has 0 aromatic heterocycles. The minimum atomic E-state index is 0.0123. The van der Waals surface area contributed by atoms with Gasteiger partial charge in [-0.2, -0.15) is 0 Å². The van der Waals surface area contributed by atoms with Crippen molar-refractivity contribution in [2.45, 2.75) is 6.42 Å². The van der Waals surface area contributed by atoms with Crippen molar-refractivity contribution < 1.29 is 9.59 Å². The Balaban J connectivity index is 1.32. The first-order valence-corrected chi connectivity index (χ1v) is 10.7. The molecule has 0 aliphatic carbocycles. The third-order valence-corrected chi connectivity index (χ3v) is 5.56. The number of carbonyl (C=O) groups is 2. The van der Waals surface area contributed by atoms with Gasteiger partial charge in [-0.3, -0.25) is 14.5 Å². The number of para-hydroxylation sites is 1. The minimum absolute atomic E-state index is 0.0123. The van der Waals surface area contributed by atoms with E-state index in [1.165, 1.54) is 5.69 Å². The van der Waals surface area contributed by atoms with Gasteiger partial charge in [0.25, 0.3) is 5.91 Å². The predicted molar refractivity (Wildman–Crippen MR) is 121 cm³/mol. The summed E-state index contributed by atoms with van der Waals surface area (Å²) in [6, 6.07) is 17.2. The van der Waals surface area contributed by atoms with Gasteiger partial charge in [-0.25, -0.2) is 0 Å². The number of halogens is 1. The molecule has 3 rings (SSSR count). The molecule has 7 heteroatoms. The molecule has 0 atom stereocenters. The summed E-state index contributed by atoms with van der Waals surface area (Å²) in [5.41, 5.74) is 1.82. The first kappa shape index (κ1) is 22.1. The summed E-state index contributed by atoms with van der Waals surface area (Å²) < 4.78 is 0. The highest BCUT2D eigenvalue weighted by atomic mass is 35.5. The molecule has 1 aliphatic rings. The Labute approximate surface area is 183 Å². The number of piperazine rings is 1. The molecule has 1 N–H and O–H groups in total. The normalized spacial score (nSPS) is 14.4. The lowest BCUT2D eigenvalue weighted by Gasteiger charge is -2.34. The smallest absolute Gasteiger partial charge is 0.253 e. The Morgan fingerprint density at radius 2 is 1.67 bits per heavy atom. The van der Waals surface area contributed by atoms with Crippen LogP contribution in [0.1, 0.15) is 16.8 Å². The van der Waals surface area contributed by atoms with Crippen molar-refractivity contribution in [1.82, 2.24) is 15.1 Å². The number of amides is 2. The van der Waals surface area contributed by atoms with Crippen LogP contribution in [0.3, 0.4) is 0 Å². The average molecular weight is 429 g/mol. The van der Waals surface area contributed by atoms with Crippen LogP contribution in [0.15, 0.2) is 54.6 Å². The SMILES string of the molecule is CN(CCCNC(=O)CN1CCN(C(=O)c2ccc(Cl)cc2)CC1)c1ccccc1. The number of benzene rings is 2. The number of nitrogens with one attached hydrogen (secondary N) is 1. The molecule has 0 saturated carbocycles. The van der Waals surface area contributed by atoms with Crippen molar-refractivity contribution in [2.75, 3.05) is 57.8 Å². The van der Waals surface area contributed by atoms with E-state index < -0.39 is 0 Å². The molecule has 1 heterocycles. The van der Waals surface area contributed by atoms with Gasteiger partial charge in [0, 0.05) is 62.6 Å². The van der Waals surface area contributed by atoms with Crippen molar-refractivity contribution in [1.29, 1.82) is 0 Å². The van der Waals surface area contributed by atoms with Crippen molar-refractivity contribution in [3.8, 4) is 0 Å². The van der Waals surface area contributed by atoms with Crippen LogP contribution in [0.25, 0.3) is 0 Å². The van der Waals surface area contributed by atoms with Gasteiger partial charge >= 0.3 is 0 Å². The standard InChI is InChI=1S/C23H29ClN4O2/c1-26(21-6-3-2-4-7-21)13-5-12-25-22(29)18-27-14-16-28(17-15-27)23(30)19-8-10-20(24)11-9-19/h2-4,6-11H,5,12-18H2,1H3,(H,25,29). The number of hydrogen-bond donors (Lipinski definition) is 1. The second-order valence-corrected chi connectivity index (χ2v) is 7.97. The summed E-state index contributed by atoms with van der Waals surface area (Å²) in [4.78, 5) is 30.9. The Kier molecular flexibility index (Phi) is 8.11. The number of hydrogen-bond acceptors (Lipinski definition) is 4. The number of nitrogens with zero attached hydrogens (tertiary/aromatic N) is 3. The van der Waals surface area contributed by atoms with E-state index in [9.17, 15) is 9.59 Å². The van der Waals surface area contributed by atoms with Crippen LogP contribution in [0.4, 0.5) is 5.69 Å². The maximum atomic E-state index is 12.6. The van der Waals surface area contributed by atoms with E-state index in [1.54, 1.807) is 24.3 Å². The van der Waals surface area contributed by atoms with Crippen molar-refractivity contribution in [3.05, 3.63) is 65.2 Å². The van der Waals surface area contributed by atoms with Crippen LogP contribution in [-0.4, -0.2) is 74.5 Å². The largest absolute Gasteiger partial charge is 0.375 e. The quantitative estimate of drug-likeness (QED) is 0.657. The highest BCUT2D eigenvalue weighted by molar-refractivity contribution is 6.30. The molecule has 0 radical (unpaired) electrons. The number of rotatable bonds is 8. The fourth-order valence-electron chi connectivity index (χ4n) is 3.50. The third-order valence-electron chi connectivity index (χ3n) is 5.31. The zero-order valence-corrected chi connectivity index (χ0v) is 18.1. The molecular weight excluding hydrogens is 400 g/mol. The molecular formula is C23H29ClN4O2. The summed E-state index contributed by atoms with van der Waals surface area (Å²) in [7, 11) is 2.06. The lowest BCUT2D eigenvalue weighted by Crippen LogP contribution is -2.51. The first-order valence-electron chi connectivity index (χ1n) is 10.3. The van der Waals surface area contributed by atoms with E-state index in [2.05, 4.69) is 34.3 Å². The van der Waals surface area contributed by atoms with Crippen molar-refractivity contribution >= 4 is 29.1 Å². The van der Waals surface area contributed by atoms with E-state index >= 15 is 0 Å². The van der Waals surface area contributed by atoms with E-state index in [1.807, 2.05) is 23.1 Å². The van der Waals surface area contributed by atoms with Crippen molar-refractivity contribution in [2.24, 2.45) is 0 Å². The lowest BCUT2D eigenvalue weighted by molar-refractivity contribution is -0.122. The second-order valence-electron chi connectivity index (χ2n) is 7.54. The molecule has 1 aliphatic heterocycles. The van der Waals surface area contributed by atoms with E-state index in [0.717, 1.165) is 13.0 Å². The highest BCUT2D eigenvalue weighted by Gasteiger charge is 2.23. The third kappa shape index (κ3) is 6.47. The van der Waals surface area contributed by atoms with Crippen LogP contribution in [-0.2, 0) is 4.79 Å². The van der Waals surface area contributed by atoms with Gasteiger partial charge in [0.2, 0.25) is 5.91 Å². The van der Waals surface area contributed by atoms with Crippen LogP contribution in [0, 0.1) is 0 Å². The van der Waals surface area contributed by atoms with Crippen LogP contribution in [0.2, 0.25) is 5.02 Å². The molecule has 2 aromatic carbocycles. The molecule has 0 bridgehead atoms. The zero-order chi connectivity index (χ0) is 21.3. The van der Waals surface area contributed by atoms with Gasteiger partial charge < -0.3 is 15.1 Å². The zero-order valence-electron chi connectivity index (χ0n) is 17.4. The van der Waals surface area contributed by atoms with Crippen LogP contribution in [0.5, 0.6) is 0 Å². The highest BCUT2D eigenvalue weighted by Crippen LogP contribution is 2.13. The molecule has 2 amide bonds. The Morgan fingerprint density at radius 3 is 2.33 bits per heavy atom. The topological polar surface area (TPSA) is 55.9 Å². The molecule has 1 saturated heterocycles. The number of carbonyl (C=O) groups excluding carboxylic acids is 2. The molecule has 0 unspecified atom stereocenters. The molecule has 6 nitrogen and oxygen atoms in total. The predicted octanol–water partition coefficient (Wildman–Crippen LogP) is 2.74. The Morgan fingerprint density at radius 1 is 1.00 bits per heavy atom. The van der Waals surface area contributed by atoms with Gasteiger partial charge in [0.05, 0.1) is 6.54 Å². The molecule has 1 fully saturated rings. The Hall–Kier alpha value is -2.57. The van der Waals surface area contributed by atoms with Crippen molar-refractivity contribution in [3.63, 3.8) is 0 Å². The first-order chi connectivity index (χ1) is 14.5. The Bertz CT molecular complexity index is 821. The molecule has 30 heavy (non-hydrogen) atoms. The monoisotopic (exact) mass is 428 g/mol.